The number of thiocarbonyl (C=S) groups is 1. The molecule has 104 valence electrons. The van der Waals surface area contributed by atoms with Crippen LogP contribution in [0.2, 0.25) is 0 Å². The first-order chi connectivity index (χ1) is 10.1. The van der Waals surface area contributed by atoms with Crippen molar-refractivity contribution in [1.29, 1.82) is 0 Å². The van der Waals surface area contributed by atoms with Crippen molar-refractivity contribution in [2.45, 2.75) is 0 Å². The maximum atomic E-state index is 12.2. The molecule has 0 saturated heterocycles. The second-order valence-electron chi connectivity index (χ2n) is 4.41. The number of halogens is 1. The van der Waals surface area contributed by atoms with Crippen LogP contribution in [0.15, 0.2) is 65.3 Å². The molecule has 0 unspecified atom stereocenters. The number of carbonyl (C=O) groups is 1. The van der Waals surface area contributed by atoms with Crippen molar-refractivity contribution in [2.24, 2.45) is 0 Å². The molecule has 0 spiro atoms. The normalized spacial score (nSPS) is 10.7. The molecule has 0 N–H and O–H groups in total. The molecular weight excluding hydrogens is 366 g/mol. The molecule has 0 atom stereocenters. The van der Waals surface area contributed by atoms with E-state index in [1.807, 2.05) is 53.2 Å². The fraction of sp³-hybridized carbons (Fsp3) is 0. The Morgan fingerprint density at radius 2 is 1.86 bits per heavy atom. The summed E-state index contributed by atoms with van der Waals surface area (Å²) in [6.07, 6.45) is 1.89. The third-order valence-corrected chi connectivity index (χ3v) is 4.77. The molecule has 2 aromatic carbocycles. The molecule has 0 fully saturated rings. The number of fused-ring (bicyclic) bond motifs is 1. The molecular formula is C16H10BrNOS2. The van der Waals surface area contributed by atoms with Gasteiger partial charge in [0.05, 0.1) is 5.52 Å². The molecule has 0 aliphatic heterocycles. The number of nitrogens with zero attached hydrogens (tertiary/aromatic N) is 1. The van der Waals surface area contributed by atoms with Gasteiger partial charge >= 0.3 is 0 Å². The van der Waals surface area contributed by atoms with Gasteiger partial charge in [-0.05, 0) is 36.0 Å². The minimum Gasteiger partial charge on any atom is -0.302 e. The Bertz CT molecular complexity index is 827. The van der Waals surface area contributed by atoms with Crippen LogP contribution in [0.4, 0.5) is 0 Å². The second kappa shape index (κ2) is 6.13. The lowest BCUT2D eigenvalue weighted by Gasteiger charge is -2.06. The summed E-state index contributed by atoms with van der Waals surface area (Å²) in [6, 6.07) is 17.1. The fourth-order valence-corrected chi connectivity index (χ4v) is 3.47. The molecule has 3 rings (SSSR count). The van der Waals surface area contributed by atoms with Gasteiger partial charge in [0.1, 0.15) is 0 Å². The lowest BCUT2D eigenvalue weighted by Crippen LogP contribution is -2.07. The van der Waals surface area contributed by atoms with E-state index in [0.29, 0.717) is 9.88 Å². The van der Waals surface area contributed by atoms with Crippen molar-refractivity contribution in [3.8, 4) is 0 Å². The van der Waals surface area contributed by atoms with Crippen molar-refractivity contribution in [3.05, 3.63) is 70.8 Å². The highest BCUT2D eigenvalue weighted by atomic mass is 79.9. The number of thioether (sulfide) groups is 1. The quantitative estimate of drug-likeness (QED) is 0.551. The predicted octanol–water partition coefficient (Wildman–Crippen LogP) is 5.11. The summed E-state index contributed by atoms with van der Waals surface area (Å²) in [4.78, 5) is 12.2. The Morgan fingerprint density at radius 1 is 1.10 bits per heavy atom. The third kappa shape index (κ3) is 3.10. The minimum absolute atomic E-state index is 0.0421. The molecule has 2 nitrogen and oxygen atoms in total. The molecule has 0 amide bonds. The van der Waals surface area contributed by atoms with Gasteiger partial charge in [0.2, 0.25) is 5.12 Å². The minimum atomic E-state index is -0.0421. The first-order valence-electron chi connectivity index (χ1n) is 6.23. The zero-order valence-electron chi connectivity index (χ0n) is 10.8. The van der Waals surface area contributed by atoms with Gasteiger partial charge in [0.25, 0.3) is 0 Å². The first-order valence-corrected chi connectivity index (χ1v) is 8.25. The molecule has 0 bridgehead atoms. The lowest BCUT2D eigenvalue weighted by atomic mass is 10.2. The summed E-state index contributed by atoms with van der Waals surface area (Å²) in [6.45, 7) is 0. The van der Waals surface area contributed by atoms with E-state index in [1.54, 1.807) is 12.1 Å². The van der Waals surface area contributed by atoms with Crippen molar-refractivity contribution in [3.63, 3.8) is 0 Å². The standard InChI is InChI=1S/C16H10BrNOS2/c17-13-6-7-14-12(10-13)8-9-18(14)16(20)21-15(19)11-4-2-1-3-5-11/h1-10H. The van der Waals surface area contributed by atoms with Crippen LogP contribution in [-0.2, 0) is 0 Å². The van der Waals surface area contributed by atoms with Crippen LogP contribution in [0.25, 0.3) is 10.9 Å². The number of benzene rings is 2. The summed E-state index contributed by atoms with van der Waals surface area (Å²) in [7, 11) is 0. The first kappa shape index (κ1) is 14.5. The Labute approximate surface area is 140 Å². The highest BCUT2D eigenvalue weighted by Gasteiger charge is 2.13. The molecule has 1 heterocycles. The molecule has 0 aliphatic rings. The van der Waals surface area contributed by atoms with Crippen LogP contribution in [0, 0.1) is 0 Å². The van der Waals surface area contributed by atoms with Gasteiger partial charge in [0.15, 0.2) is 4.32 Å². The summed E-state index contributed by atoms with van der Waals surface area (Å²) in [5, 5.41) is 1.04. The summed E-state index contributed by atoms with van der Waals surface area (Å²) >= 11 is 9.93. The number of rotatable bonds is 1. The van der Waals surface area contributed by atoms with Crippen LogP contribution in [0.3, 0.4) is 0 Å². The van der Waals surface area contributed by atoms with Crippen molar-refractivity contribution in [1.82, 2.24) is 4.57 Å². The number of hydrogen-bond acceptors (Lipinski definition) is 3. The maximum absolute atomic E-state index is 12.2. The van der Waals surface area contributed by atoms with E-state index in [9.17, 15) is 4.79 Å². The van der Waals surface area contributed by atoms with E-state index >= 15 is 0 Å². The van der Waals surface area contributed by atoms with E-state index in [4.69, 9.17) is 12.2 Å². The highest BCUT2D eigenvalue weighted by molar-refractivity contribution is 9.10. The zero-order valence-corrected chi connectivity index (χ0v) is 14.0. The van der Waals surface area contributed by atoms with Crippen LogP contribution in [0.5, 0.6) is 0 Å². The van der Waals surface area contributed by atoms with Crippen molar-refractivity contribution in [2.75, 3.05) is 0 Å². The van der Waals surface area contributed by atoms with Gasteiger partial charge in [0, 0.05) is 21.6 Å². The molecule has 3 aromatic rings. The van der Waals surface area contributed by atoms with Crippen LogP contribution in [0.1, 0.15) is 10.4 Å². The molecule has 21 heavy (non-hydrogen) atoms. The average molecular weight is 376 g/mol. The van der Waals surface area contributed by atoms with Crippen LogP contribution >= 0.6 is 39.9 Å². The van der Waals surface area contributed by atoms with Gasteiger partial charge in [-0.15, -0.1) is 0 Å². The number of hydrogen-bond donors (Lipinski definition) is 0. The molecule has 1 aromatic heterocycles. The Hall–Kier alpha value is -1.43. The Kier molecular flexibility index (Phi) is 4.24. The van der Waals surface area contributed by atoms with E-state index in [0.717, 1.165) is 27.1 Å². The van der Waals surface area contributed by atoms with E-state index in [1.165, 1.54) is 0 Å². The third-order valence-electron chi connectivity index (χ3n) is 3.04. The zero-order chi connectivity index (χ0) is 14.8. The lowest BCUT2D eigenvalue weighted by molar-refractivity contribution is 0.109. The molecule has 0 radical (unpaired) electrons. The molecule has 0 aliphatic carbocycles. The smallest absolute Gasteiger partial charge is 0.226 e. The van der Waals surface area contributed by atoms with Gasteiger partial charge in [-0.2, -0.15) is 0 Å². The topological polar surface area (TPSA) is 22.0 Å². The summed E-state index contributed by atoms with van der Waals surface area (Å²) < 4.78 is 3.41. The Balaban J connectivity index is 1.86. The van der Waals surface area contributed by atoms with E-state index in [-0.39, 0.29) is 5.12 Å². The van der Waals surface area contributed by atoms with Gasteiger partial charge in [-0.3, -0.25) is 4.79 Å². The van der Waals surface area contributed by atoms with Gasteiger partial charge in [-0.25, -0.2) is 0 Å². The largest absolute Gasteiger partial charge is 0.302 e. The van der Waals surface area contributed by atoms with E-state index < -0.39 is 0 Å². The van der Waals surface area contributed by atoms with Gasteiger partial charge in [-0.1, -0.05) is 58.5 Å². The summed E-state index contributed by atoms with van der Waals surface area (Å²) in [5.41, 5.74) is 1.65. The van der Waals surface area contributed by atoms with E-state index in [2.05, 4.69) is 15.9 Å². The van der Waals surface area contributed by atoms with Crippen molar-refractivity contribution < 1.29 is 4.79 Å². The molecule has 0 saturated carbocycles. The monoisotopic (exact) mass is 375 g/mol. The highest BCUT2D eigenvalue weighted by Crippen LogP contribution is 2.24. The number of carbonyl (C=O) groups excluding carboxylic acids is 1. The van der Waals surface area contributed by atoms with Crippen molar-refractivity contribution >= 4 is 60.2 Å². The average Bonchev–Trinajstić information content (AvgIpc) is 2.91. The Morgan fingerprint density at radius 3 is 2.62 bits per heavy atom. The fourth-order valence-electron chi connectivity index (χ4n) is 2.03. The SMILES string of the molecule is O=C(SC(=S)n1ccc2cc(Br)ccc21)c1ccccc1. The predicted molar refractivity (Wildman–Crippen MR) is 96.0 cm³/mol. The maximum Gasteiger partial charge on any atom is 0.226 e. The number of aromatic nitrogens is 1. The van der Waals surface area contributed by atoms with Crippen LogP contribution in [-0.4, -0.2) is 14.0 Å². The summed E-state index contributed by atoms with van der Waals surface area (Å²) in [5.74, 6) is 0. The van der Waals surface area contributed by atoms with Gasteiger partial charge < -0.3 is 4.57 Å². The molecule has 5 heteroatoms. The second-order valence-corrected chi connectivity index (χ2v) is 6.93. The van der Waals surface area contributed by atoms with Crippen LogP contribution < -0.4 is 0 Å².